The van der Waals surface area contributed by atoms with Gasteiger partial charge in [-0.3, -0.25) is 9.48 Å². The molecule has 0 aliphatic heterocycles. The van der Waals surface area contributed by atoms with Gasteiger partial charge in [0, 0.05) is 18.4 Å². The molecule has 106 valence electrons. The van der Waals surface area contributed by atoms with Crippen LogP contribution in [0.1, 0.15) is 17.3 Å². The molecule has 0 saturated heterocycles. The van der Waals surface area contributed by atoms with Crippen LogP contribution in [-0.2, 0) is 6.54 Å². The van der Waals surface area contributed by atoms with E-state index < -0.39 is 0 Å². The predicted octanol–water partition coefficient (Wildman–Crippen LogP) is 1.29. The number of amides is 1. The largest absolute Gasteiger partial charge is 0.494 e. The minimum absolute atomic E-state index is 0.0615. The molecule has 0 fully saturated rings. The van der Waals surface area contributed by atoms with Gasteiger partial charge in [0.15, 0.2) is 5.75 Å². The predicted molar refractivity (Wildman–Crippen MR) is 76.6 cm³/mol. The number of carbonyl (C=O) groups excluding carboxylic acids is 1. The summed E-state index contributed by atoms with van der Waals surface area (Å²) in [4.78, 5) is 12.2. The number of anilines is 1. The number of carbonyl (C=O) groups is 1. The summed E-state index contributed by atoms with van der Waals surface area (Å²) in [7, 11) is 1.50. The van der Waals surface area contributed by atoms with E-state index in [1.54, 1.807) is 29.1 Å². The molecule has 1 atom stereocenters. The molecule has 1 aromatic carbocycles. The molecule has 0 radical (unpaired) electrons. The van der Waals surface area contributed by atoms with Crippen molar-refractivity contribution >= 4 is 11.6 Å². The zero-order valence-electron chi connectivity index (χ0n) is 11.5. The molecular formula is C14H18N4O2. The van der Waals surface area contributed by atoms with E-state index in [9.17, 15) is 4.79 Å². The molecule has 2 aromatic rings. The molecule has 0 aliphatic carbocycles. The summed E-state index contributed by atoms with van der Waals surface area (Å²) in [5, 5.41) is 7.01. The quantitative estimate of drug-likeness (QED) is 0.805. The summed E-state index contributed by atoms with van der Waals surface area (Å²) in [6.07, 6.45) is 3.55. The third kappa shape index (κ3) is 3.09. The first kappa shape index (κ1) is 13.9. The Morgan fingerprint density at radius 2 is 2.30 bits per heavy atom. The SMILES string of the molecule is COc1c(N)cccc1C(=O)NC(C)Cn1cccn1. The van der Waals surface area contributed by atoms with E-state index in [0.29, 0.717) is 23.5 Å². The number of nitrogens with zero attached hydrogens (tertiary/aromatic N) is 2. The van der Waals surface area contributed by atoms with Crippen molar-refractivity contribution in [2.24, 2.45) is 0 Å². The Morgan fingerprint density at radius 3 is 2.95 bits per heavy atom. The normalized spacial score (nSPS) is 11.9. The van der Waals surface area contributed by atoms with Gasteiger partial charge in [0.2, 0.25) is 0 Å². The van der Waals surface area contributed by atoms with Crippen LogP contribution < -0.4 is 15.8 Å². The lowest BCUT2D eigenvalue weighted by atomic mass is 10.1. The Labute approximate surface area is 117 Å². The van der Waals surface area contributed by atoms with Gasteiger partial charge in [-0.15, -0.1) is 0 Å². The maximum absolute atomic E-state index is 12.2. The molecule has 0 bridgehead atoms. The Morgan fingerprint density at radius 1 is 1.50 bits per heavy atom. The topological polar surface area (TPSA) is 82.2 Å². The number of nitrogens with one attached hydrogen (secondary N) is 1. The fourth-order valence-electron chi connectivity index (χ4n) is 2.00. The van der Waals surface area contributed by atoms with Crippen LogP contribution in [0.5, 0.6) is 5.75 Å². The molecule has 0 saturated carbocycles. The maximum atomic E-state index is 12.2. The first-order valence-corrected chi connectivity index (χ1v) is 6.32. The molecule has 1 amide bonds. The molecule has 20 heavy (non-hydrogen) atoms. The number of hydrogen-bond donors (Lipinski definition) is 2. The van der Waals surface area contributed by atoms with Gasteiger partial charge in [-0.1, -0.05) is 6.07 Å². The van der Waals surface area contributed by atoms with Crippen molar-refractivity contribution in [3.05, 3.63) is 42.2 Å². The second kappa shape index (κ2) is 6.10. The smallest absolute Gasteiger partial charge is 0.255 e. The summed E-state index contributed by atoms with van der Waals surface area (Å²) in [6.45, 7) is 2.52. The van der Waals surface area contributed by atoms with E-state index >= 15 is 0 Å². The fraction of sp³-hybridized carbons (Fsp3) is 0.286. The molecule has 0 aliphatic rings. The highest BCUT2D eigenvalue weighted by Crippen LogP contribution is 2.25. The Kier molecular flexibility index (Phi) is 4.24. The van der Waals surface area contributed by atoms with E-state index in [-0.39, 0.29) is 11.9 Å². The highest BCUT2D eigenvalue weighted by molar-refractivity contribution is 5.98. The van der Waals surface area contributed by atoms with Gasteiger partial charge in [0.05, 0.1) is 24.9 Å². The fourth-order valence-corrected chi connectivity index (χ4v) is 2.00. The summed E-state index contributed by atoms with van der Waals surface area (Å²) >= 11 is 0. The molecule has 1 unspecified atom stereocenters. The van der Waals surface area contributed by atoms with Crippen molar-refractivity contribution in [3.8, 4) is 5.75 Å². The second-order valence-corrected chi connectivity index (χ2v) is 4.53. The van der Waals surface area contributed by atoms with Gasteiger partial charge in [0.1, 0.15) is 0 Å². The Balaban J connectivity index is 2.06. The van der Waals surface area contributed by atoms with E-state index in [4.69, 9.17) is 10.5 Å². The molecule has 1 heterocycles. The van der Waals surface area contributed by atoms with Crippen LogP contribution in [0.2, 0.25) is 0 Å². The van der Waals surface area contributed by atoms with Gasteiger partial charge >= 0.3 is 0 Å². The first-order valence-electron chi connectivity index (χ1n) is 6.32. The van der Waals surface area contributed by atoms with Crippen LogP contribution in [0, 0.1) is 0 Å². The number of aromatic nitrogens is 2. The number of ether oxygens (including phenoxy) is 1. The molecule has 6 heteroatoms. The van der Waals surface area contributed by atoms with Gasteiger partial charge in [-0.25, -0.2) is 0 Å². The number of rotatable bonds is 5. The summed E-state index contributed by atoms with van der Waals surface area (Å²) in [5.74, 6) is 0.185. The van der Waals surface area contributed by atoms with Gasteiger partial charge in [0.25, 0.3) is 5.91 Å². The Bertz CT molecular complexity index is 581. The highest BCUT2D eigenvalue weighted by Gasteiger charge is 2.16. The average Bonchev–Trinajstić information content (AvgIpc) is 2.90. The van der Waals surface area contributed by atoms with Gasteiger partial charge in [-0.05, 0) is 25.1 Å². The van der Waals surface area contributed by atoms with Crippen LogP contribution in [0.3, 0.4) is 0 Å². The van der Waals surface area contributed by atoms with Crippen molar-refractivity contribution < 1.29 is 9.53 Å². The van der Waals surface area contributed by atoms with E-state index in [0.717, 1.165) is 0 Å². The van der Waals surface area contributed by atoms with Crippen molar-refractivity contribution in [1.82, 2.24) is 15.1 Å². The molecule has 2 rings (SSSR count). The number of nitrogens with two attached hydrogens (primary N) is 1. The maximum Gasteiger partial charge on any atom is 0.255 e. The van der Waals surface area contributed by atoms with Crippen molar-refractivity contribution in [1.29, 1.82) is 0 Å². The van der Waals surface area contributed by atoms with E-state index in [1.165, 1.54) is 7.11 Å². The molecule has 1 aromatic heterocycles. The Hall–Kier alpha value is -2.50. The van der Waals surface area contributed by atoms with Crippen LogP contribution >= 0.6 is 0 Å². The first-order chi connectivity index (χ1) is 9.61. The van der Waals surface area contributed by atoms with E-state index in [2.05, 4.69) is 10.4 Å². The van der Waals surface area contributed by atoms with Crippen LogP contribution in [0.25, 0.3) is 0 Å². The molecule has 3 N–H and O–H groups in total. The second-order valence-electron chi connectivity index (χ2n) is 4.53. The van der Waals surface area contributed by atoms with Gasteiger partial charge < -0.3 is 15.8 Å². The zero-order valence-corrected chi connectivity index (χ0v) is 11.5. The number of nitrogen functional groups attached to an aromatic ring is 1. The third-order valence-corrected chi connectivity index (χ3v) is 2.89. The van der Waals surface area contributed by atoms with Crippen molar-refractivity contribution in [2.75, 3.05) is 12.8 Å². The number of hydrogen-bond acceptors (Lipinski definition) is 4. The van der Waals surface area contributed by atoms with Crippen LogP contribution in [0.15, 0.2) is 36.7 Å². The summed E-state index contributed by atoms with van der Waals surface area (Å²) in [6, 6.07) is 6.89. The number of methoxy groups -OCH3 is 1. The summed E-state index contributed by atoms with van der Waals surface area (Å²) in [5.41, 5.74) is 6.67. The lowest BCUT2D eigenvalue weighted by Crippen LogP contribution is -2.36. The molecule has 0 spiro atoms. The monoisotopic (exact) mass is 274 g/mol. The molecule has 6 nitrogen and oxygen atoms in total. The van der Waals surface area contributed by atoms with Crippen molar-refractivity contribution in [3.63, 3.8) is 0 Å². The number of benzene rings is 1. The lowest BCUT2D eigenvalue weighted by molar-refractivity contribution is 0.0933. The minimum Gasteiger partial charge on any atom is -0.494 e. The van der Waals surface area contributed by atoms with E-state index in [1.807, 2.05) is 19.2 Å². The van der Waals surface area contributed by atoms with Gasteiger partial charge in [-0.2, -0.15) is 5.10 Å². The minimum atomic E-state index is -0.214. The lowest BCUT2D eigenvalue weighted by Gasteiger charge is -2.16. The van der Waals surface area contributed by atoms with Crippen LogP contribution in [-0.4, -0.2) is 28.8 Å². The average molecular weight is 274 g/mol. The van der Waals surface area contributed by atoms with Crippen LogP contribution in [0.4, 0.5) is 5.69 Å². The highest BCUT2D eigenvalue weighted by atomic mass is 16.5. The van der Waals surface area contributed by atoms with Crippen molar-refractivity contribution in [2.45, 2.75) is 19.5 Å². The molecular weight excluding hydrogens is 256 g/mol. The summed E-state index contributed by atoms with van der Waals surface area (Å²) < 4.78 is 6.95. The number of para-hydroxylation sites is 1. The zero-order chi connectivity index (χ0) is 14.5. The third-order valence-electron chi connectivity index (χ3n) is 2.89. The standard InChI is InChI=1S/C14H18N4O2/c1-10(9-18-8-4-7-16-18)17-14(19)11-5-3-6-12(15)13(11)20-2/h3-8,10H,9,15H2,1-2H3,(H,17,19).